The summed E-state index contributed by atoms with van der Waals surface area (Å²) in [6.45, 7) is -0.116. The second-order valence-electron chi connectivity index (χ2n) is 6.25. The molecule has 2 rings (SSSR count). The Bertz CT molecular complexity index is 540. The smallest absolute Gasteiger partial charge is 0.346 e. The Labute approximate surface area is 141 Å². The standard InChI is InChI=1S/C18H24FNO4/c19-14-8-10-15(11-9-14)24-16(18(22)23)12-20-17(21)7-3-6-13-4-1-2-5-13/h8-11,13,16H,1-7,12H2,(H,20,21)(H,22,23). The van der Waals surface area contributed by atoms with Crippen molar-refractivity contribution in [3.8, 4) is 5.75 Å². The van der Waals surface area contributed by atoms with Gasteiger partial charge in [-0.2, -0.15) is 0 Å². The van der Waals surface area contributed by atoms with Gasteiger partial charge in [0, 0.05) is 6.42 Å². The fourth-order valence-electron chi connectivity index (χ4n) is 3.00. The molecule has 1 atom stereocenters. The van der Waals surface area contributed by atoms with Gasteiger partial charge in [-0.15, -0.1) is 0 Å². The van der Waals surface area contributed by atoms with Crippen molar-refractivity contribution >= 4 is 11.9 Å². The van der Waals surface area contributed by atoms with E-state index < -0.39 is 17.9 Å². The van der Waals surface area contributed by atoms with Crippen LogP contribution in [0.25, 0.3) is 0 Å². The zero-order chi connectivity index (χ0) is 17.4. The molecule has 1 aliphatic carbocycles. The van der Waals surface area contributed by atoms with Gasteiger partial charge in [0.2, 0.25) is 12.0 Å². The number of rotatable bonds is 9. The van der Waals surface area contributed by atoms with Crippen molar-refractivity contribution in [2.75, 3.05) is 6.54 Å². The number of hydrogen-bond acceptors (Lipinski definition) is 3. The summed E-state index contributed by atoms with van der Waals surface area (Å²) < 4.78 is 18.1. The van der Waals surface area contributed by atoms with Crippen molar-refractivity contribution in [2.24, 2.45) is 5.92 Å². The summed E-state index contributed by atoms with van der Waals surface area (Å²) in [5.74, 6) is -0.775. The minimum atomic E-state index is -1.20. The predicted octanol–water partition coefficient (Wildman–Crippen LogP) is 3.13. The van der Waals surface area contributed by atoms with Crippen molar-refractivity contribution in [3.05, 3.63) is 30.1 Å². The highest BCUT2D eigenvalue weighted by atomic mass is 19.1. The van der Waals surface area contributed by atoms with Gasteiger partial charge in [-0.25, -0.2) is 9.18 Å². The summed E-state index contributed by atoms with van der Waals surface area (Å²) in [6, 6.07) is 5.09. The van der Waals surface area contributed by atoms with Crippen molar-refractivity contribution in [3.63, 3.8) is 0 Å². The zero-order valence-electron chi connectivity index (χ0n) is 13.7. The zero-order valence-corrected chi connectivity index (χ0v) is 13.7. The summed E-state index contributed by atoms with van der Waals surface area (Å²) in [5, 5.41) is 11.8. The molecule has 0 radical (unpaired) electrons. The number of hydrogen-bond donors (Lipinski definition) is 2. The third-order valence-electron chi connectivity index (χ3n) is 4.34. The maximum atomic E-state index is 12.8. The normalized spacial score (nSPS) is 15.9. The van der Waals surface area contributed by atoms with Gasteiger partial charge >= 0.3 is 5.97 Å². The number of ether oxygens (including phenoxy) is 1. The lowest BCUT2D eigenvalue weighted by Gasteiger charge is -2.16. The Kier molecular flexibility index (Phi) is 7.03. The molecule has 1 amide bonds. The number of carbonyl (C=O) groups is 2. The number of carboxylic acids is 1. The molecule has 1 aliphatic rings. The molecule has 1 aromatic carbocycles. The van der Waals surface area contributed by atoms with Gasteiger partial charge in [0.25, 0.3) is 0 Å². The van der Waals surface area contributed by atoms with Crippen LogP contribution in [-0.4, -0.2) is 29.6 Å². The van der Waals surface area contributed by atoms with E-state index in [1.54, 1.807) is 0 Å². The molecule has 5 nitrogen and oxygen atoms in total. The molecule has 1 unspecified atom stereocenters. The van der Waals surface area contributed by atoms with Gasteiger partial charge < -0.3 is 15.2 Å². The predicted molar refractivity (Wildman–Crippen MR) is 87.3 cm³/mol. The Morgan fingerprint density at radius 3 is 2.54 bits per heavy atom. The quantitative estimate of drug-likeness (QED) is 0.726. The minimum absolute atomic E-state index is 0.116. The molecule has 1 aromatic rings. The molecule has 0 heterocycles. The fraction of sp³-hybridized carbons (Fsp3) is 0.556. The molecule has 132 valence electrons. The maximum Gasteiger partial charge on any atom is 0.346 e. The number of carbonyl (C=O) groups excluding carboxylic acids is 1. The first-order chi connectivity index (χ1) is 11.5. The van der Waals surface area contributed by atoms with Gasteiger partial charge in [-0.05, 0) is 43.0 Å². The molecule has 24 heavy (non-hydrogen) atoms. The first-order valence-corrected chi connectivity index (χ1v) is 8.46. The Balaban J connectivity index is 1.70. The summed E-state index contributed by atoms with van der Waals surface area (Å²) >= 11 is 0. The lowest BCUT2D eigenvalue weighted by Crippen LogP contribution is -2.40. The summed E-state index contributed by atoms with van der Waals surface area (Å²) in [4.78, 5) is 23.1. The molecular formula is C18H24FNO4. The van der Waals surface area contributed by atoms with Gasteiger partial charge in [0.05, 0.1) is 6.54 Å². The first-order valence-electron chi connectivity index (χ1n) is 8.46. The van der Waals surface area contributed by atoms with Crippen LogP contribution in [0.4, 0.5) is 4.39 Å². The molecule has 0 aliphatic heterocycles. The Hall–Kier alpha value is -2.11. The third kappa shape index (κ3) is 6.18. The van der Waals surface area contributed by atoms with Crippen molar-refractivity contribution in [1.82, 2.24) is 5.32 Å². The van der Waals surface area contributed by atoms with Gasteiger partial charge in [0.15, 0.2) is 0 Å². The topological polar surface area (TPSA) is 75.6 Å². The van der Waals surface area contributed by atoms with Gasteiger partial charge in [-0.3, -0.25) is 4.79 Å². The van der Waals surface area contributed by atoms with Crippen LogP contribution in [0.1, 0.15) is 44.9 Å². The van der Waals surface area contributed by atoms with Crippen molar-refractivity contribution in [1.29, 1.82) is 0 Å². The molecular weight excluding hydrogens is 313 g/mol. The molecule has 0 bridgehead atoms. The maximum absolute atomic E-state index is 12.8. The van der Waals surface area contributed by atoms with Crippen LogP contribution in [0.3, 0.4) is 0 Å². The monoisotopic (exact) mass is 337 g/mol. The highest BCUT2D eigenvalue weighted by Crippen LogP contribution is 2.28. The molecule has 6 heteroatoms. The largest absolute Gasteiger partial charge is 0.478 e. The number of amides is 1. The van der Waals surface area contributed by atoms with Crippen LogP contribution < -0.4 is 10.1 Å². The van der Waals surface area contributed by atoms with E-state index in [1.165, 1.54) is 49.9 Å². The number of halogens is 1. The SMILES string of the molecule is O=C(CCCC1CCCC1)NCC(Oc1ccc(F)cc1)C(=O)O. The second-order valence-corrected chi connectivity index (χ2v) is 6.25. The van der Waals surface area contributed by atoms with Crippen molar-refractivity contribution in [2.45, 2.75) is 51.0 Å². The van der Waals surface area contributed by atoms with Crippen LogP contribution in [0.15, 0.2) is 24.3 Å². The van der Waals surface area contributed by atoms with E-state index in [0.717, 1.165) is 18.8 Å². The molecule has 0 aromatic heterocycles. The third-order valence-corrected chi connectivity index (χ3v) is 4.34. The average molecular weight is 337 g/mol. The minimum Gasteiger partial charge on any atom is -0.478 e. The first kappa shape index (κ1) is 18.2. The second kappa shape index (κ2) is 9.25. The summed E-state index contributed by atoms with van der Waals surface area (Å²) in [6.07, 6.45) is 6.18. The van der Waals surface area contributed by atoms with Crippen LogP contribution in [-0.2, 0) is 9.59 Å². The van der Waals surface area contributed by atoms with Gasteiger partial charge in [-0.1, -0.05) is 25.7 Å². The van der Waals surface area contributed by atoms with Crippen LogP contribution in [0, 0.1) is 11.7 Å². The number of carboxylic acid groups (broad SMARTS) is 1. The molecule has 2 N–H and O–H groups in total. The highest BCUT2D eigenvalue weighted by molar-refractivity contribution is 5.78. The van der Waals surface area contributed by atoms with Crippen molar-refractivity contribution < 1.29 is 23.8 Å². The summed E-state index contributed by atoms with van der Waals surface area (Å²) in [5.41, 5.74) is 0. The fourth-order valence-corrected chi connectivity index (χ4v) is 3.00. The molecule has 1 saturated carbocycles. The molecule has 1 fully saturated rings. The molecule has 0 spiro atoms. The van der Waals surface area contributed by atoms with E-state index >= 15 is 0 Å². The van der Waals surface area contributed by atoms with Gasteiger partial charge in [0.1, 0.15) is 11.6 Å². The van der Waals surface area contributed by atoms with Crippen LogP contribution >= 0.6 is 0 Å². The lowest BCUT2D eigenvalue weighted by atomic mass is 10.0. The van der Waals surface area contributed by atoms with E-state index in [9.17, 15) is 19.1 Å². The highest BCUT2D eigenvalue weighted by Gasteiger charge is 2.21. The van der Waals surface area contributed by atoms with E-state index in [1.807, 2.05) is 0 Å². The summed E-state index contributed by atoms with van der Waals surface area (Å²) in [7, 11) is 0. The van der Waals surface area contributed by atoms with Crippen LogP contribution in [0.2, 0.25) is 0 Å². The molecule has 0 saturated heterocycles. The number of nitrogens with one attached hydrogen (secondary N) is 1. The lowest BCUT2D eigenvalue weighted by molar-refractivity contribution is -0.145. The van der Waals surface area contributed by atoms with E-state index in [4.69, 9.17) is 4.74 Å². The Morgan fingerprint density at radius 1 is 1.25 bits per heavy atom. The van der Waals surface area contributed by atoms with Crippen LogP contribution in [0.5, 0.6) is 5.75 Å². The van der Waals surface area contributed by atoms with E-state index in [0.29, 0.717) is 6.42 Å². The Morgan fingerprint density at radius 2 is 1.92 bits per heavy atom. The van der Waals surface area contributed by atoms with E-state index in [-0.39, 0.29) is 18.2 Å². The average Bonchev–Trinajstić information content (AvgIpc) is 3.06. The number of benzene rings is 1. The number of aliphatic carboxylic acids is 1. The van der Waals surface area contributed by atoms with E-state index in [2.05, 4.69) is 5.32 Å².